The second-order valence-corrected chi connectivity index (χ2v) is 4.40. The number of halogens is 1. The number of nitrogens with zero attached hydrogens (tertiary/aromatic N) is 2. The zero-order valence-electron chi connectivity index (χ0n) is 10.8. The van der Waals surface area contributed by atoms with Crippen LogP contribution >= 0.6 is 11.6 Å². The average Bonchev–Trinajstić information content (AvgIpc) is 2.73. The molecule has 0 atom stereocenters. The van der Waals surface area contributed by atoms with E-state index in [2.05, 4.69) is 5.10 Å². The summed E-state index contributed by atoms with van der Waals surface area (Å²) in [4.78, 5) is 22.8. The van der Waals surface area contributed by atoms with Crippen LogP contribution < -0.4 is 5.76 Å². The smallest absolute Gasteiger partial charge is 0.437 e. The predicted octanol–water partition coefficient (Wildman–Crippen LogP) is 1.64. The van der Waals surface area contributed by atoms with Crippen LogP contribution in [-0.2, 0) is 22.5 Å². The van der Waals surface area contributed by atoms with Gasteiger partial charge >= 0.3 is 11.7 Å². The fourth-order valence-corrected chi connectivity index (χ4v) is 1.86. The summed E-state index contributed by atoms with van der Waals surface area (Å²) in [5.41, 5.74) is 0.790. The Morgan fingerprint density at radius 1 is 1.45 bits per heavy atom. The molecule has 0 amide bonds. The minimum Gasteiger partial charge on any atom is -0.465 e. The van der Waals surface area contributed by atoms with Crippen LogP contribution in [0.25, 0.3) is 0 Å². The van der Waals surface area contributed by atoms with Gasteiger partial charge in [0.2, 0.25) is 5.89 Å². The van der Waals surface area contributed by atoms with E-state index in [0.29, 0.717) is 5.02 Å². The first-order valence-corrected chi connectivity index (χ1v) is 6.43. The molecule has 2 rings (SSSR count). The Bertz CT molecular complexity index is 662. The van der Waals surface area contributed by atoms with Crippen molar-refractivity contribution >= 4 is 17.6 Å². The largest absolute Gasteiger partial charge is 0.465 e. The third-order valence-electron chi connectivity index (χ3n) is 2.53. The third-order valence-corrected chi connectivity index (χ3v) is 2.90. The number of ether oxygens (including phenoxy) is 1. The van der Waals surface area contributed by atoms with Crippen molar-refractivity contribution in [1.82, 2.24) is 9.78 Å². The van der Waals surface area contributed by atoms with Gasteiger partial charge in [-0.2, -0.15) is 4.68 Å². The van der Waals surface area contributed by atoms with Gasteiger partial charge in [-0.25, -0.2) is 4.79 Å². The molecule has 1 aromatic heterocycles. The van der Waals surface area contributed by atoms with Gasteiger partial charge in [0.15, 0.2) is 0 Å². The standard InChI is InChI=1S/C13H13ClN2O4/c1-2-19-12(17)8-16-13(18)20-11(15-16)7-9-5-3-4-6-10(9)14/h3-6H,2,7-8H2,1H3. The number of rotatable bonds is 5. The fourth-order valence-electron chi connectivity index (χ4n) is 1.65. The Kier molecular flexibility index (Phi) is 4.57. The van der Waals surface area contributed by atoms with Gasteiger partial charge in [0, 0.05) is 5.02 Å². The molecule has 0 N–H and O–H groups in total. The molecule has 0 aliphatic heterocycles. The van der Waals surface area contributed by atoms with E-state index in [0.717, 1.165) is 10.2 Å². The zero-order valence-corrected chi connectivity index (χ0v) is 11.6. The van der Waals surface area contributed by atoms with Crippen molar-refractivity contribution in [3.8, 4) is 0 Å². The number of esters is 1. The number of benzene rings is 1. The Morgan fingerprint density at radius 2 is 2.20 bits per heavy atom. The fraction of sp³-hybridized carbons (Fsp3) is 0.308. The van der Waals surface area contributed by atoms with Crippen LogP contribution in [0.1, 0.15) is 18.4 Å². The van der Waals surface area contributed by atoms with Crippen LogP contribution in [0.4, 0.5) is 0 Å². The van der Waals surface area contributed by atoms with Gasteiger partial charge in [0.25, 0.3) is 0 Å². The first-order chi connectivity index (χ1) is 9.60. The molecule has 0 bridgehead atoms. The lowest BCUT2D eigenvalue weighted by molar-refractivity contribution is -0.144. The van der Waals surface area contributed by atoms with E-state index in [1.54, 1.807) is 19.1 Å². The number of hydrogen-bond acceptors (Lipinski definition) is 5. The predicted molar refractivity (Wildman–Crippen MR) is 71.7 cm³/mol. The van der Waals surface area contributed by atoms with Gasteiger partial charge < -0.3 is 9.15 Å². The molecule has 0 fully saturated rings. The molecular weight excluding hydrogens is 284 g/mol. The molecule has 2 aromatic rings. The van der Waals surface area contributed by atoms with Crippen molar-refractivity contribution in [3.05, 3.63) is 51.3 Å². The van der Waals surface area contributed by atoms with Crippen LogP contribution in [0, 0.1) is 0 Å². The summed E-state index contributed by atoms with van der Waals surface area (Å²) < 4.78 is 10.7. The maximum absolute atomic E-state index is 11.5. The highest BCUT2D eigenvalue weighted by Gasteiger charge is 2.13. The Balaban J connectivity index is 2.13. The molecule has 0 unspecified atom stereocenters. The lowest BCUT2D eigenvalue weighted by atomic mass is 10.1. The maximum atomic E-state index is 11.5. The summed E-state index contributed by atoms with van der Waals surface area (Å²) in [6.45, 7) is 1.67. The van der Waals surface area contributed by atoms with E-state index in [1.807, 2.05) is 12.1 Å². The van der Waals surface area contributed by atoms with E-state index in [9.17, 15) is 9.59 Å². The van der Waals surface area contributed by atoms with Crippen LogP contribution in [0.3, 0.4) is 0 Å². The average molecular weight is 297 g/mol. The molecule has 1 aromatic carbocycles. The van der Waals surface area contributed by atoms with Gasteiger partial charge in [-0.3, -0.25) is 4.79 Å². The zero-order chi connectivity index (χ0) is 14.5. The normalized spacial score (nSPS) is 10.5. The SMILES string of the molecule is CCOC(=O)Cn1nc(Cc2ccccc2Cl)oc1=O. The summed E-state index contributed by atoms with van der Waals surface area (Å²) in [7, 11) is 0. The molecule has 1 heterocycles. The quantitative estimate of drug-likeness (QED) is 0.784. The van der Waals surface area contributed by atoms with Crippen molar-refractivity contribution in [3.63, 3.8) is 0 Å². The van der Waals surface area contributed by atoms with Crippen molar-refractivity contribution < 1.29 is 13.9 Å². The van der Waals surface area contributed by atoms with E-state index >= 15 is 0 Å². The summed E-state index contributed by atoms with van der Waals surface area (Å²) in [5, 5.41) is 4.51. The molecule has 0 radical (unpaired) electrons. The van der Waals surface area contributed by atoms with E-state index < -0.39 is 11.7 Å². The van der Waals surface area contributed by atoms with Gasteiger partial charge in [-0.1, -0.05) is 29.8 Å². The number of carbonyl (C=O) groups excluding carboxylic acids is 1. The number of carbonyl (C=O) groups is 1. The highest BCUT2D eigenvalue weighted by molar-refractivity contribution is 6.31. The highest BCUT2D eigenvalue weighted by atomic mass is 35.5. The lowest BCUT2D eigenvalue weighted by Gasteiger charge is -2.00. The lowest BCUT2D eigenvalue weighted by Crippen LogP contribution is -2.22. The molecule has 0 aliphatic rings. The molecule has 6 nitrogen and oxygen atoms in total. The van der Waals surface area contributed by atoms with Gasteiger partial charge in [-0.15, -0.1) is 5.10 Å². The first kappa shape index (κ1) is 14.3. The molecule has 0 aliphatic carbocycles. The van der Waals surface area contributed by atoms with Crippen molar-refractivity contribution in [2.45, 2.75) is 19.9 Å². The Hall–Kier alpha value is -2.08. The van der Waals surface area contributed by atoms with Crippen LogP contribution in [0.15, 0.2) is 33.5 Å². The van der Waals surface area contributed by atoms with Crippen LogP contribution in [0.5, 0.6) is 0 Å². The highest BCUT2D eigenvalue weighted by Crippen LogP contribution is 2.17. The summed E-state index contributed by atoms with van der Waals surface area (Å²) in [6.07, 6.45) is 0.282. The van der Waals surface area contributed by atoms with Gasteiger partial charge in [0.05, 0.1) is 13.0 Å². The Labute approximate surface area is 119 Å². The molecule has 106 valence electrons. The minimum atomic E-state index is -0.694. The molecule has 0 spiro atoms. The topological polar surface area (TPSA) is 74.3 Å². The first-order valence-electron chi connectivity index (χ1n) is 6.06. The molecular formula is C13H13ClN2O4. The molecule has 0 saturated carbocycles. The summed E-state index contributed by atoms with van der Waals surface area (Å²) in [6, 6.07) is 7.19. The number of aromatic nitrogens is 2. The second kappa shape index (κ2) is 6.38. The van der Waals surface area contributed by atoms with E-state index in [-0.39, 0.29) is 25.5 Å². The molecule has 0 saturated heterocycles. The second-order valence-electron chi connectivity index (χ2n) is 3.99. The molecule has 20 heavy (non-hydrogen) atoms. The van der Waals surface area contributed by atoms with Crippen molar-refractivity contribution in [1.29, 1.82) is 0 Å². The monoisotopic (exact) mass is 296 g/mol. The molecule has 7 heteroatoms. The number of hydrogen-bond donors (Lipinski definition) is 0. The van der Waals surface area contributed by atoms with Gasteiger partial charge in [0.1, 0.15) is 6.54 Å². The van der Waals surface area contributed by atoms with Gasteiger partial charge in [-0.05, 0) is 18.6 Å². The summed E-state index contributed by atoms with van der Waals surface area (Å²) >= 11 is 6.02. The maximum Gasteiger partial charge on any atom is 0.437 e. The van der Waals surface area contributed by atoms with E-state index in [4.69, 9.17) is 20.8 Å². The van der Waals surface area contributed by atoms with Crippen LogP contribution in [0.2, 0.25) is 5.02 Å². The van der Waals surface area contributed by atoms with E-state index in [1.165, 1.54) is 0 Å². The Morgan fingerprint density at radius 3 is 2.90 bits per heavy atom. The van der Waals surface area contributed by atoms with Crippen molar-refractivity contribution in [2.24, 2.45) is 0 Å². The minimum absolute atomic E-state index is 0.201. The van der Waals surface area contributed by atoms with Crippen molar-refractivity contribution in [2.75, 3.05) is 6.61 Å². The summed E-state index contributed by atoms with van der Waals surface area (Å²) in [5.74, 6) is -1.03. The van der Waals surface area contributed by atoms with Crippen LogP contribution in [-0.4, -0.2) is 22.4 Å². The third kappa shape index (κ3) is 3.48.